The number of aromatic nitrogens is 2. The highest BCUT2D eigenvalue weighted by atomic mass is 35.5. The van der Waals surface area contributed by atoms with Gasteiger partial charge in [0.15, 0.2) is 0 Å². The van der Waals surface area contributed by atoms with Gasteiger partial charge in [-0.15, -0.1) is 24.8 Å². The maximum Gasteiger partial charge on any atom is 0.230 e. The monoisotopic (exact) mass is 378 g/mol. The van der Waals surface area contributed by atoms with Crippen LogP contribution in [0.4, 0.5) is 0 Å². The van der Waals surface area contributed by atoms with E-state index in [-0.39, 0.29) is 36.8 Å². The van der Waals surface area contributed by atoms with Crippen molar-refractivity contribution in [2.75, 3.05) is 13.1 Å². The predicted molar refractivity (Wildman–Crippen MR) is 103 cm³/mol. The van der Waals surface area contributed by atoms with Crippen molar-refractivity contribution >= 4 is 30.7 Å². The first kappa shape index (κ1) is 23.2. The molecule has 0 spiro atoms. The van der Waals surface area contributed by atoms with Gasteiger partial charge in [-0.25, -0.2) is 0 Å². The molecule has 2 N–H and O–H groups in total. The molecule has 0 aliphatic carbocycles. The summed E-state index contributed by atoms with van der Waals surface area (Å²) in [7, 11) is 1.97. The molecule has 24 heavy (non-hydrogen) atoms. The van der Waals surface area contributed by atoms with Crippen LogP contribution in [0.15, 0.2) is 0 Å². The normalized spacial score (nSPS) is 17.4. The second-order valence-corrected chi connectivity index (χ2v) is 6.56. The van der Waals surface area contributed by atoms with E-state index < -0.39 is 5.41 Å². The van der Waals surface area contributed by atoms with Crippen molar-refractivity contribution in [3.8, 4) is 0 Å². The molecule has 1 unspecified atom stereocenters. The summed E-state index contributed by atoms with van der Waals surface area (Å²) in [5.41, 5.74) is 9.00. The SMILES string of the molecule is CCC(CC)(CN)C(=O)N1CCCC1c1c(C)nn(C)c1C.Cl.Cl. The lowest BCUT2D eigenvalue weighted by molar-refractivity contribution is -0.143. The van der Waals surface area contributed by atoms with Crippen molar-refractivity contribution in [2.24, 2.45) is 18.2 Å². The van der Waals surface area contributed by atoms with E-state index in [0.717, 1.165) is 43.6 Å². The number of halogens is 2. The lowest BCUT2D eigenvalue weighted by Gasteiger charge is -2.36. The van der Waals surface area contributed by atoms with Crippen molar-refractivity contribution in [2.45, 2.75) is 59.4 Å². The number of carbonyl (C=O) groups is 1. The average Bonchev–Trinajstić information content (AvgIpc) is 3.06. The topological polar surface area (TPSA) is 64.2 Å². The van der Waals surface area contributed by atoms with Gasteiger partial charge in [-0.05, 0) is 39.5 Å². The molecule has 140 valence electrons. The van der Waals surface area contributed by atoms with Crippen LogP contribution in [0.1, 0.15) is 62.5 Å². The fourth-order valence-electron chi connectivity index (χ4n) is 3.82. The molecule has 0 bridgehead atoms. The van der Waals surface area contributed by atoms with Gasteiger partial charge >= 0.3 is 0 Å². The van der Waals surface area contributed by atoms with E-state index in [4.69, 9.17) is 5.73 Å². The molecule has 0 radical (unpaired) electrons. The zero-order valence-electron chi connectivity index (χ0n) is 15.5. The largest absolute Gasteiger partial charge is 0.335 e. The van der Waals surface area contributed by atoms with Crippen molar-refractivity contribution in [3.05, 3.63) is 17.0 Å². The minimum Gasteiger partial charge on any atom is -0.335 e. The molecule has 7 heteroatoms. The predicted octanol–water partition coefficient (Wildman–Crippen LogP) is 3.31. The summed E-state index contributed by atoms with van der Waals surface area (Å²) in [5.74, 6) is 0.227. The molecule has 1 amide bonds. The van der Waals surface area contributed by atoms with Crippen molar-refractivity contribution < 1.29 is 4.79 Å². The smallest absolute Gasteiger partial charge is 0.230 e. The number of aryl methyl sites for hydroxylation is 2. The lowest BCUT2D eigenvalue weighted by Crippen LogP contribution is -2.47. The number of likely N-dealkylation sites (tertiary alicyclic amines) is 1. The van der Waals surface area contributed by atoms with E-state index in [1.165, 1.54) is 5.56 Å². The maximum absolute atomic E-state index is 13.2. The minimum absolute atomic E-state index is 0. The van der Waals surface area contributed by atoms with E-state index in [1.807, 2.05) is 18.7 Å². The number of amides is 1. The molecule has 5 nitrogen and oxygen atoms in total. The Morgan fingerprint density at radius 2 is 1.88 bits per heavy atom. The van der Waals surface area contributed by atoms with Gasteiger partial charge in [-0.1, -0.05) is 13.8 Å². The summed E-state index contributed by atoms with van der Waals surface area (Å²) in [6.45, 7) is 9.52. The number of hydrogen-bond acceptors (Lipinski definition) is 3. The summed E-state index contributed by atoms with van der Waals surface area (Å²) in [4.78, 5) is 15.3. The standard InChI is InChI=1S/C17H30N4O.2ClH/c1-6-17(7-2,11-18)16(22)21-10-8-9-14(21)15-12(3)19-20(5)13(15)4;;/h14H,6-11,18H2,1-5H3;2*1H. The van der Waals surface area contributed by atoms with Gasteiger partial charge in [0.1, 0.15) is 0 Å². The first-order valence-corrected chi connectivity index (χ1v) is 8.43. The zero-order valence-corrected chi connectivity index (χ0v) is 17.1. The Balaban J connectivity index is 0.00000264. The highest BCUT2D eigenvalue weighted by Crippen LogP contribution is 2.39. The molecule has 1 saturated heterocycles. The maximum atomic E-state index is 13.2. The van der Waals surface area contributed by atoms with E-state index in [2.05, 4.69) is 30.8 Å². The Kier molecular flexibility index (Phi) is 8.77. The van der Waals surface area contributed by atoms with Crippen LogP contribution in [0, 0.1) is 19.3 Å². The third-order valence-electron chi connectivity index (χ3n) is 5.61. The second kappa shape index (κ2) is 9.07. The molecular weight excluding hydrogens is 347 g/mol. The van der Waals surface area contributed by atoms with Gasteiger partial charge < -0.3 is 10.6 Å². The Morgan fingerprint density at radius 3 is 2.29 bits per heavy atom. The van der Waals surface area contributed by atoms with Crippen LogP contribution in [0.5, 0.6) is 0 Å². The lowest BCUT2D eigenvalue weighted by atomic mass is 9.80. The molecule has 1 fully saturated rings. The average molecular weight is 379 g/mol. The minimum atomic E-state index is -0.410. The van der Waals surface area contributed by atoms with Crippen LogP contribution < -0.4 is 5.73 Å². The molecule has 0 aromatic carbocycles. The number of hydrogen-bond donors (Lipinski definition) is 1. The van der Waals surface area contributed by atoms with E-state index >= 15 is 0 Å². The van der Waals surface area contributed by atoms with E-state index in [0.29, 0.717) is 6.54 Å². The molecule has 2 heterocycles. The van der Waals surface area contributed by atoms with Crippen LogP contribution in [0.3, 0.4) is 0 Å². The molecule has 1 aliphatic heterocycles. The van der Waals surface area contributed by atoms with E-state index in [1.54, 1.807) is 0 Å². The molecule has 1 atom stereocenters. The van der Waals surface area contributed by atoms with Gasteiger partial charge in [-0.2, -0.15) is 5.10 Å². The van der Waals surface area contributed by atoms with Crippen LogP contribution >= 0.6 is 24.8 Å². The van der Waals surface area contributed by atoms with Gasteiger partial charge in [0.05, 0.1) is 17.2 Å². The Bertz CT molecular complexity index is 547. The molecule has 2 rings (SSSR count). The number of nitrogens with zero attached hydrogens (tertiary/aromatic N) is 3. The summed E-state index contributed by atoms with van der Waals surface area (Å²) in [6.07, 6.45) is 3.67. The summed E-state index contributed by atoms with van der Waals surface area (Å²) < 4.78 is 1.92. The van der Waals surface area contributed by atoms with Crippen LogP contribution in [0.25, 0.3) is 0 Å². The molecule has 1 aromatic heterocycles. The zero-order chi connectivity index (χ0) is 16.5. The molecule has 0 saturated carbocycles. The molecule has 1 aliphatic rings. The highest BCUT2D eigenvalue weighted by molar-refractivity contribution is 5.85. The first-order chi connectivity index (χ1) is 10.4. The fourth-order valence-corrected chi connectivity index (χ4v) is 3.82. The number of carbonyl (C=O) groups excluding carboxylic acids is 1. The fraction of sp³-hybridized carbons (Fsp3) is 0.765. The second-order valence-electron chi connectivity index (χ2n) is 6.56. The summed E-state index contributed by atoms with van der Waals surface area (Å²) in [6, 6.07) is 0.158. The highest BCUT2D eigenvalue weighted by Gasteiger charge is 2.42. The molecule has 1 aromatic rings. The van der Waals surface area contributed by atoms with Gasteiger partial charge in [0, 0.05) is 31.4 Å². The first-order valence-electron chi connectivity index (χ1n) is 8.43. The van der Waals surface area contributed by atoms with E-state index in [9.17, 15) is 4.79 Å². The summed E-state index contributed by atoms with van der Waals surface area (Å²) in [5, 5.41) is 4.53. The van der Waals surface area contributed by atoms with Crippen molar-refractivity contribution in [3.63, 3.8) is 0 Å². The Hall–Kier alpha value is -0.780. The third kappa shape index (κ3) is 3.73. The van der Waals surface area contributed by atoms with Crippen molar-refractivity contribution in [1.82, 2.24) is 14.7 Å². The van der Waals surface area contributed by atoms with Crippen molar-refractivity contribution in [1.29, 1.82) is 0 Å². The molecular formula is C17H32Cl2N4O. The van der Waals surface area contributed by atoms with Crippen LogP contribution in [-0.2, 0) is 11.8 Å². The Labute approximate surface area is 158 Å². The van der Waals surface area contributed by atoms with Crippen LogP contribution in [0.2, 0.25) is 0 Å². The Morgan fingerprint density at radius 1 is 1.29 bits per heavy atom. The number of rotatable bonds is 5. The quantitative estimate of drug-likeness (QED) is 0.854. The number of nitrogens with two attached hydrogens (primary N) is 1. The van der Waals surface area contributed by atoms with Crippen LogP contribution in [-0.4, -0.2) is 33.7 Å². The van der Waals surface area contributed by atoms with Gasteiger partial charge in [-0.3, -0.25) is 9.48 Å². The van der Waals surface area contributed by atoms with Gasteiger partial charge in [0.25, 0.3) is 0 Å². The van der Waals surface area contributed by atoms with Gasteiger partial charge in [0.2, 0.25) is 5.91 Å². The summed E-state index contributed by atoms with van der Waals surface area (Å²) >= 11 is 0. The third-order valence-corrected chi connectivity index (χ3v) is 5.61.